The highest BCUT2D eigenvalue weighted by Crippen LogP contribution is 2.41. The highest BCUT2D eigenvalue weighted by Gasteiger charge is 2.47. The molecule has 0 aliphatic heterocycles. The fraction of sp³-hybridized carbons (Fsp3) is 0.273. The molecule has 0 fully saturated rings. The van der Waals surface area contributed by atoms with Crippen molar-refractivity contribution in [3.05, 3.63) is 46.0 Å². The molecule has 0 saturated carbocycles. The number of benzene rings is 2. The van der Waals surface area contributed by atoms with Crippen molar-refractivity contribution in [2.45, 2.75) is 39.3 Å². The number of hydrogen-bond acceptors (Lipinski definition) is 6. The highest BCUT2D eigenvalue weighted by molar-refractivity contribution is 6.19. The molecule has 0 bridgehead atoms. The smallest absolute Gasteiger partial charge is 0.247 e. The number of fused-ring (bicyclic) bond motifs is 7. The Morgan fingerprint density at radius 2 is 0.811 bits per heavy atom. The SMILES string of the molecule is Cc1cc2nc3c4nc(C)c(C)nc4c4nc(C(F)(F)F)c(C(F)(F)F)nc4c3nc2cc1C(F)(F)F. The molecule has 0 unspecified atom stereocenters. The summed E-state index contributed by atoms with van der Waals surface area (Å²) in [6.07, 6.45) is -15.9. The molecule has 0 amide bonds. The van der Waals surface area contributed by atoms with Crippen molar-refractivity contribution < 1.29 is 39.5 Å². The minimum atomic E-state index is -5.56. The lowest BCUT2D eigenvalue weighted by Crippen LogP contribution is -2.21. The van der Waals surface area contributed by atoms with Gasteiger partial charge in [0.2, 0.25) is 0 Å². The monoisotopic (exact) mass is 530 g/mol. The second-order valence-electron chi connectivity index (χ2n) is 8.28. The van der Waals surface area contributed by atoms with Crippen LogP contribution in [0, 0.1) is 20.8 Å². The van der Waals surface area contributed by atoms with Gasteiger partial charge in [0, 0.05) is 0 Å². The largest absolute Gasteiger partial charge is 0.435 e. The Bertz CT molecular complexity index is 1770. The van der Waals surface area contributed by atoms with Crippen LogP contribution >= 0.6 is 0 Å². The topological polar surface area (TPSA) is 77.3 Å². The molecule has 3 aromatic heterocycles. The minimum Gasteiger partial charge on any atom is -0.247 e. The van der Waals surface area contributed by atoms with E-state index in [4.69, 9.17) is 0 Å². The second-order valence-corrected chi connectivity index (χ2v) is 8.28. The number of alkyl halides is 9. The zero-order chi connectivity index (χ0) is 27.2. The van der Waals surface area contributed by atoms with Crippen LogP contribution in [0.5, 0.6) is 0 Å². The van der Waals surface area contributed by atoms with Gasteiger partial charge in [-0.2, -0.15) is 39.5 Å². The van der Waals surface area contributed by atoms with E-state index in [0.717, 1.165) is 6.07 Å². The quantitative estimate of drug-likeness (QED) is 0.127. The van der Waals surface area contributed by atoms with E-state index < -0.39 is 52.0 Å². The van der Waals surface area contributed by atoms with Crippen molar-refractivity contribution in [2.75, 3.05) is 0 Å². The van der Waals surface area contributed by atoms with Gasteiger partial charge >= 0.3 is 18.5 Å². The maximum atomic E-state index is 13.6. The Hall–Kier alpha value is -3.91. The van der Waals surface area contributed by atoms with E-state index in [0.29, 0.717) is 11.8 Å². The molecule has 0 atom stereocenters. The van der Waals surface area contributed by atoms with Gasteiger partial charge in [-0.05, 0) is 38.5 Å². The molecule has 2 aromatic carbocycles. The first-order valence-corrected chi connectivity index (χ1v) is 10.3. The molecule has 5 rings (SSSR count). The Morgan fingerprint density at radius 3 is 1.19 bits per heavy atom. The van der Waals surface area contributed by atoms with Crippen LogP contribution in [0.4, 0.5) is 39.5 Å². The summed E-state index contributed by atoms with van der Waals surface area (Å²) in [6, 6.07) is 1.75. The Kier molecular flexibility index (Phi) is 5.06. The minimum absolute atomic E-state index is 0.0467. The lowest BCUT2D eigenvalue weighted by Gasteiger charge is -2.16. The number of halogens is 9. The standard InChI is InChI=1S/C22H11F9N6/c1-6-4-10-11(5-9(6)20(23,24)25)35-15-14(34-10)12-13(33-8(3)7(2)32-12)16-17(15)37-19(22(29,30)31)18(36-16)21(26,27)28/h4-5H,1-3H3. The van der Waals surface area contributed by atoms with Crippen LogP contribution in [-0.2, 0) is 18.5 Å². The maximum Gasteiger partial charge on any atom is 0.435 e. The van der Waals surface area contributed by atoms with Crippen LogP contribution in [0.1, 0.15) is 33.9 Å². The first kappa shape index (κ1) is 24.8. The van der Waals surface area contributed by atoms with Crippen LogP contribution in [0.3, 0.4) is 0 Å². The summed E-state index contributed by atoms with van der Waals surface area (Å²) < 4.78 is 122. The third-order valence-corrected chi connectivity index (χ3v) is 5.73. The number of aromatic nitrogens is 6. The fourth-order valence-electron chi connectivity index (χ4n) is 3.94. The molecular formula is C22H11F9N6. The summed E-state index contributed by atoms with van der Waals surface area (Å²) in [6.45, 7) is 4.21. The van der Waals surface area contributed by atoms with Gasteiger partial charge in [0.15, 0.2) is 11.4 Å². The van der Waals surface area contributed by atoms with Gasteiger partial charge in [0.25, 0.3) is 0 Å². The van der Waals surface area contributed by atoms with E-state index in [9.17, 15) is 39.5 Å². The van der Waals surface area contributed by atoms with Crippen LogP contribution in [0.15, 0.2) is 12.1 Å². The molecule has 3 heterocycles. The summed E-state index contributed by atoms with van der Waals surface area (Å²) >= 11 is 0. The van der Waals surface area contributed by atoms with Crippen LogP contribution in [0.2, 0.25) is 0 Å². The fourth-order valence-corrected chi connectivity index (χ4v) is 3.94. The molecule has 0 N–H and O–H groups in total. The lowest BCUT2D eigenvalue weighted by molar-refractivity contribution is -0.167. The predicted octanol–water partition coefficient (Wildman–Crippen LogP) is 6.65. The van der Waals surface area contributed by atoms with Gasteiger partial charge in [-0.1, -0.05) is 0 Å². The maximum absolute atomic E-state index is 13.6. The third-order valence-electron chi connectivity index (χ3n) is 5.73. The molecule has 0 saturated heterocycles. The molecule has 37 heavy (non-hydrogen) atoms. The van der Waals surface area contributed by atoms with Crippen LogP contribution in [-0.4, -0.2) is 29.9 Å². The van der Waals surface area contributed by atoms with E-state index in [2.05, 4.69) is 29.9 Å². The normalized spacial score (nSPS) is 13.4. The summed E-state index contributed by atoms with van der Waals surface area (Å²) in [5.74, 6) is 0. The van der Waals surface area contributed by atoms with E-state index in [1.807, 2.05) is 0 Å². The van der Waals surface area contributed by atoms with Gasteiger partial charge in [-0.15, -0.1) is 0 Å². The number of aryl methyl sites for hydroxylation is 3. The van der Waals surface area contributed by atoms with Gasteiger partial charge in [0.05, 0.1) is 28.0 Å². The van der Waals surface area contributed by atoms with Crippen LogP contribution < -0.4 is 0 Å². The summed E-state index contributed by atoms with van der Waals surface area (Å²) in [4.78, 5) is 23.3. The number of nitrogens with zero attached hydrogens (tertiary/aromatic N) is 6. The zero-order valence-electron chi connectivity index (χ0n) is 18.7. The van der Waals surface area contributed by atoms with E-state index in [1.54, 1.807) is 0 Å². The molecule has 6 nitrogen and oxygen atoms in total. The molecule has 15 heteroatoms. The van der Waals surface area contributed by atoms with Crippen molar-refractivity contribution >= 4 is 44.1 Å². The molecule has 192 valence electrons. The summed E-state index contributed by atoms with van der Waals surface area (Å²) in [5, 5.41) is 0. The molecule has 0 aliphatic rings. The van der Waals surface area contributed by atoms with Crippen LogP contribution in [0.25, 0.3) is 44.1 Å². The van der Waals surface area contributed by atoms with E-state index in [-0.39, 0.29) is 38.8 Å². The molecule has 5 aromatic rings. The average molecular weight is 530 g/mol. The number of hydrogen-bond donors (Lipinski definition) is 0. The zero-order valence-corrected chi connectivity index (χ0v) is 18.7. The van der Waals surface area contributed by atoms with Gasteiger partial charge in [-0.3, -0.25) is 0 Å². The molecule has 0 spiro atoms. The Morgan fingerprint density at radius 1 is 0.459 bits per heavy atom. The van der Waals surface area contributed by atoms with Crippen molar-refractivity contribution in [1.82, 2.24) is 29.9 Å². The second kappa shape index (κ2) is 7.55. The van der Waals surface area contributed by atoms with Crippen molar-refractivity contribution in [1.29, 1.82) is 0 Å². The van der Waals surface area contributed by atoms with Gasteiger partial charge < -0.3 is 0 Å². The number of rotatable bonds is 0. The lowest BCUT2D eigenvalue weighted by atomic mass is 10.1. The van der Waals surface area contributed by atoms with Crippen molar-refractivity contribution in [2.24, 2.45) is 0 Å². The first-order valence-electron chi connectivity index (χ1n) is 10.3. The predicted molar refractivity (Wildman–Crippen MR) is 112 cm³/mol. The van der Waals surface area contributed by atoms with Gasteiger partial charge in [-0.25, -0.2) is 29.9 Å². The van der Waals surface area contributed by atoms with Crippen molar-refractivity contribution in [3.63, 3.8) is 0 Å². The Balaban J connectivity index is 2.06. The molecule has 0 radical (unpaired) electrons. The van der Waals surface area contributed by atoms with Crippen molar-refractivity contribution in [3.8, 4) is 0 Å². The molecular weight excluding hydrogens is 519 g/mol. The third kappa shape index (κ3) is 3.92. The Labute approximate surface area is 199 Å². The van der Waals surface area contributed by atoms with Gasteiger partial charge in [0.1, 0.15) is 33.1 Å². The van der Waals surface area contributed by atoms with E-state index >= 15 is 0 Å². The summed E-state index contributed by atoms with van der Waals surface area (Å²) in [7, 11) is 0. The van der Waals surface area contributed by atoms with E-state index in [1.165, 1.54) is 20.8 Å². The summed E-state index contributed by atoms with van der Waals surface area (Å²) in [5.41, 5.74) is -8.32. The first-order chi connectivity index (χ1) is 17.0. The molecule has 0 aliphatic carbocycles. The highest BCUT2D eigenvalue weighted by atomic mass is 19.4. The average Bonchev–Trinajstić information content (AvgIpc) is 2.76.